The van der Waals surface area contributed by atoms with Crippen molar-refractivity contribution in [2.24, 2.45) is 5.92 Å². The summed E-state index contributed by atoms with van der Waals surface area (Å²) in [6, 6.07) is 7.79. The molecule has 1 N–H and O–H groups in total. The molecule has 1 aromatic carbocycles. The Bertz CT molecular complexity index is 663. The van der Waals surface area contributed by atoms with E-state index in [0.29, 0.717) is 5.92 Å². The van der Waals surface area contributed by atoms with E-state index in [0.717, 1.165) is 42.0 Å². The average molecular weight is 298 g/mol. The molecule has 1 aromatic heterocycles. The van der Waals surface area contributed by atoms with Gasteiger partial charge in [0.2, 0.25) is 0 Å². The van der Waals surface area contributed by atoms with Crippen molar-refractivity contribution in [1.29, 1.82) is 0 Å². The van der Waals surface area contributed by atoms with Crippen LogP contribution in [0, 0.1) is 5.92 Å². The summed E-state index contributed by atoms with van der Waals surface area (Å²) in [7, 11) is 1.65. The van der Waals surface area contributed by atoms with Crippen LogP contribution in [0.4, 0.5) is 0 Å². The first-order chi connectivity index (χ1) is 10.7. The standard InChI is InChI=1S/C18H22N2O2/c1-13-6-5-9-20(12-13)18(21)16-11-19-10-15(16)14-7-3-4-8-17(14)22-2/h3-4,7-8,10-11,13,19H,5-6,9,12H2,1-2H3/t13-/m0/s1. The van der Waals surface area contributed by atoms with Gasteiger partial charge in [-0.1, -0.05) is 25.1 Å². The van der Waals surface area contributed by atoms with Crippen LogP contribution in [0.1, 0.15) is 30.1 Å². The number of carbonyl (C=O) groups excluding carboxylic acids is 1. The Hall–Kier alpha value is -2.23. The van der Waals surface area contributed by atoms with Crippen LogP contribution < -0.4 is 4.74 Å². The van der Waals surface area contributed by atoms with E-state index in [9.17, 15) is 4.79 Å². The molecule has 1 aliphatic heterocycles. The Kier molecular flexibility index (Phi) is 4.18. The molecule has 0 bridgehead atoms. The highest BCUT2D eigenvalue weighted by molar-refractivity contribution is 6.01. The Labute approximate surface area is 131 Å². The van der Waals surface area contributed by atoms with Crippen molar-refractivity contribution in [1.82, 2.24) is 9.88 Å². The number of nitrogens with zero attached hydrogens (tertiary/aromatic N) is 1. The van der Waals surface area contributed by atoms with Crippen molar-refractivity contribution >= 4 is 5.91 Å². The molecule has 1 fully saturated rings. The van der Waals surface area contributed by atoms with Crippen LogP contribution >= 0.6 is 0 Å². The second kappa shape index (κ2) is 6.26. The minimum absolute atomic E-state index is 0.105. The van der Waals surface area contributed by atoms with Crippen LogP contribution in [0.25, 0.3) is 11.1 Å². The second-order valence-corrected chi connectivity index (χ2v) is 5.98. The molecule has 1 saturated heterocycles. The van der Waals surface area contributed by atoms with Gasteiger partial charge in [-0.25, -0.2) is 0 Å². The number of H-pyrrole nitrogens is 1. The fourth-order valence-corrected chi connectivity index (χ4v) is 3.17. The number of rotatable bonds is 3. The Morgan fingerprint density at radius 1 is 1.27 bits per heavy atom. The topological polar surface area (TPSA) is 45.3 Å². The van der Waals surface area contributed by atoms with E-state index in [1.165, 1.54) is 6.42 Å². The minimum Gasteiger partial charge on any atom is -0.496 e. The van der Waals surface area contributed by atoms with Gasteiger partial charge in [0.1, 0.15) is 5.75 Å². The van der Waals surface area contributed by atoms with Gasteiger partial charge in [-0.2, -0.15) is 0 Å². The number of ether oxygens (including phenoxy) is 1. The van der Waals surface area contributed by atoms with Gasteiger partial charge in [0.05, 0.1) is 12.7 Å². The molecular formula is C18H22N2O2. The molecule has 22 heavy (non-hydrogen) atoms. The largest absolute Gasteiger partial charge is 0.496 e. The first kappa shape index (κ1) is 14.7. The number of hydrogen-bond donors (Lipinski definition) is 1. The van der Waals surface area contributed by atoms with E-state index in [4.69, 9.17) is 4.74 Å². The van der Waals surface area contributed by atoms with Crippen molar-refractivity contribution in [3.05, 3.63) is 42.2 Å². The number of carbonyl (C=O) groups is 1. The zero-order valence-electron chi connectivity index (χ0n) is 13.1. The summed E-state index contributed by atoms with van der Waals surface area (Å²) in [4.78, 5) is 17.9. The molecule has 4 heteroatoms. The van der Waals surface area contributed by atoms with Gasteiger partial charge < -0.3 is 14.6 Å². The summed E-state index contributed by atoms with van der Waals surface area (Å²) in [5.41, 5.74) is 2.57. The first-order valence-electron chi connectivity index (χ1n) is 7.80. The van der Waals surface area contributed by atoms with E-state index in [-0.39, 0.29) is 5.91 Å². The number of nitrogens with one attached hydrogen (secondary N) is 1. The molecule has 4 nitrogen and oxygen atoms in total. The molecule has 0 spiro atoms. The number of amides is 1. The molecule has 0 aliphatic carbocycles. The lowest BCUT2D eigenvalue weighted by atomic mass is 9.98. The summed E-state index contributed by atoms with van der Waals surface area (Å²) < 4.78 is 5.43. The predicted octanol–water partition coefficient (Wildman–Crippen LogP) is 3.56. The van der Waals surface area contributed by atoms with Gasteiger partial charge in [-0.05, 0) is 24.8 Å². The van der Waals surface area contributed by atoms with Gasteiger partial charge >= 0.3 is 0 Å². The van der Waals surface area contributed by atoms with E-state index < -0.39 is 0 Å². The normalized spacial score (nSPS) is 18.3. The van der Waals surface area contributed by atoms with Crippen LogP contribution in [-0.2, 0) is 0 Å². The highest BCUT2D eigenvalue weighted by Gasteiger charge is 2.25. The molecule has 0 saturated carbocycles. The quantitative estimate of drug-likeness (QED) is 0.941. The number of benzene rings is 1. The highest BCUT2D eigenvalue weighted by Crippen LogP contribution is 2.33. The molecule has 1 amide bonds. The molecule has 116 valence electrons. The van der Waals surface area contributed by atoms with Crippen molar-refractivity contribution in [3.8, 4) is 16.9 Å². The molecule has 3 rings (SSSR count). The van der Waals surface area contributed by atoms with Crippen molar-refractivity contribution in [3.63, 3.8) is 0 Å². The summed E-state index contributed by atoms with van der Waals surface area (Å²) in [6.45, 7) is 3.90. The number of piperidine rings is 1. The van der Waals surface area contributed by atoms with Gasteiger partial charge in [0.25, 0.3) is 5.91 Å². The molecule has 2 heterocycles. The average Bonchev–Trinajstić information content (AvgIpc) is 3.03. The van der Waals surface area contributed by atoms with Crippen molar-refractivity contribution < 1.29 is 9.53 Å². The number of hydrogen-bond acceptors (Lipinski definition) is 2. The van der Waals surface area contributed by atoms with Gasteiger partial charge in [0.15, 0.2) is 0 Å². The number of para-hydroxylation sites is 1. The van der Waals surface area contributed by atoms with E-state index in [1.807, 2.05) is 35.4 Å². The number of aromatic amines is 1. The van der Waals surface area contributed by atoms with Crippen LogP contribution in [0.5, 0.6) is 5.75 Å². The SMILES string of the molecule is COc1ccccc1-c1c[nH]cc1C(=O)N1CCC[C@H](C)C1. The molecule has 0 unspecified atom stereocenters. The summed E-state index contributed by atoms with van der Waals surface area (Å²) >= 11 is 0. The van der Waals surface area contributed by atoms with Crippen LogP contribution in [0.3, 0.4) is 0 Å². The van der Waals surface area contributed by atoms with Crippen LogP contribution in [-0.4, -0.2) is 36.0 Å². The minimum atomic E-state index is 0.105. The maximum atomic E-state index is 12.9. The number of aromatic nitrogens is 1. The molecule has 1 aliphatic rings. The summed E-state index contributed by atoms with van der Waals surface area (Å²) in [6.07, 6.45) is 5.96. The lowest BCUT2D eigenvalue weighted by Gasteiger charge is -2.31. The number of likely N-dealkylation sites (tertiary alicyclic amines) is 1. The predicted molar refractivity (Wildman–Crippen MR) is 87.1 cm³/mol. The Morgan fingerprint density at radius 3 is 2.86 bits per heavy atom. The third kappa shape index (κ3) is 2.73. The smallest absolute Gasteiger partial charge is 0.256 e. The fourth-order valence-electron chi connectivity index (χ4n) is 3.17. The summed E-state index contributed by atoms with van der Waals surface area (Å²) in [5.74, 6) is 1.46. The van der Waals surface area contributed by atoms with Crippen LogP contribution in [0.2, 0.25) is 0 Å². The van der Waals surface area contributed by atoms with Crippen molar-refractivity contribution in [2.45, 2.75) is 19.8 Å². The van der Waals surface area contributed by atoms with E-state index in [2.05, 4.69) is 11.9 Å². The van der Waals surface area contributed by atoms with Crippen LogP contribution in [0.15, 0.2) is 36.7 Å². The number of methoxy groups -OCH3 is 1. The third-order valence-electron chi connectivity index (χ3n) is 4.32. The van der Waals surface area contributed by atoms with Gasteiger partial charge in [-0.3, -0.25) is 4.79 Å². The zero-order valence-corrected chi connectivity index (χ0v) is 13.1. The van der Waals surface area contributed by atoms with Gasteiger partial charge in [-0.15, -0.1) is 0 Å². The highest BCUT2D eigenvalue weighted by atomic mass is 16.5. The first-order valence-corrected chi connectivity index (χ1v) is 7.80. The molecule has 1 atom stereocenters. The van der Waals surface area contributed by atoms with E-state index >= 15 is 0 Å². The molecular weight excluding hydrogens is 276 g/mol. The van der Waals surface area contributed by atoms with Gasteiger partial charge in [0, 0.05) is 36.6 Å². The Balaban J connectivity index is 1.93. The zero-order chi connectivity index (χ0) is 15.5. The lowest BCUT2D eigenvalue weighted by molar-refractivity contribution is 0.0684. The van der Waals surface area contributed by atoms with E-state index in [1.54, 1.807) is 13.3 Å². The third-order valence-corrected chi connectivity index (χ3v) is 4.32. The molecule has 2 aromatic rings. The fraction of sp³-hybridized carbons (Fsp3) is 0.389. The summed E-state index contributed by atoms with van der Waals surface area (Å²) in [5, 5.41) is 0. The molecule has 0 radical (unpaired) electrons. The lowest BCUT2D eigenvalue weighted by Crippen LogP contribution is -2.39. The Morgan fingerprint density at radius 2 is 2.09 bits per heavy atom. The maximum absolute atomic E-state index is 12.9. The maximum Gasteiger partial charge on any atom is 0.256 e. The second-order valence-electron chi connectivity index (χ2n) is 5.98. The monoisotopic (exact) mass is 298 g/mol. The van der Waals surface area contributed by atoms with Crippen molar-refractivity contribution in [2.75, 3.05) is 20.2 Å².